The molecule has 0 radical (unpaired) electrons. The van der Waals surface area contributed by atoms with Crippen LogP contribution >= 0.6 is 23.1 Å². The van der Waals surface area contributed by atoms with Gasteiger partial charge in [0.25, 0.3) is 0 Å². The van der Waals surface area contributed by atoms with E-state index in [-0.39, 0.29) is 11.0 Å². The van der Waals surface area contributed by atoms with Crippen molar-refractivity contribution in [1.29, 1.82) is 0 Å². The Hall–Kier alpha value is -0.850. The highest BCUT2D eigenvalue weighted by Crippen LogP contribution is 2.34. The summed E-state index contributed by atoms with van der Waals surface area (Å²) in [6.45, 7) is 0. The average Bonchev–Trinajstić information content (AvgIpc) is 2.81. The third-order valence-electron chi connectivity index (χ3n) is 2.42. The van der Waals surface area contributed by atoms with Gasteiger partial charge >= 0.3 is 0 Å². The molecular weight excluding hydrogens is 274 g/mol. The van der Waals surface area contributed by atoms with Gasteiger partial charge < -0.3 is 0 Å². The maximum Gasteiger partial charge on any atom is 0.172 e. The van der Waals surface area contributed by atoms with Crippen molar-refractivity contribution >= 4 is 43.2 Å². The Balaban J connectivity index is 1.84. The second kappa shape index (κ2) is 4.12. The van der Waals surface area contributed by atoms with Gasteiger partial charge in [-0.1, -0.05) is 30.0 Å². The molecule has 0 saturated carbocycles. The van der Waals surface area contributed by atoms with E-state index in [0.717, 1.165) is 14.6 Å². The molecule has 0 N–H and O–H groups in total. The van der Waals surface area contributed by atoms with E-state index < -0.39 is 9.84 Å². The summed E-state index contributed by atoms with van der Waals surface area (Å²) < 4.78 is 24.6. The molecule has 1 aliphatic heterocycles. The van der Waals surface area contributed by atoms with E-state index >= 15 is 0 Å². The summed E-state index contributed by atoms with van der Waals surface area (Å²) in [7, 11) is -2.97. The Kier molecular flexibility index (Phi) is 2.72. The quantitative estimate of drug-likeness (QED) is 0.850. The van der Waals surface area contributed by atoms with Crippen molar-refractivity contribution in [2.24, 2.45) is 0 Å². The second-order valence-electron chi connectivity index (χ2n) is 3.76. The highest BCUT2D eigenvalue weighted by molar-refractivity contribution is 8.03. The van der Waals surface area contributed by atoms with Crippen molar-refractivity contribution in [3.8, 4) is 0 Å². The van der Waals surface area contributed by atoms with Crippen LogP contribution in [0.5, 0.6) is 0 Å². The van der Waals surface area contributed by atoms with Gasteiger partial charge in [0.2, 0.25) is 0 Å². The number of hydrogen-bond donors (Lipinski definition) is 0. The number of aromatic nitrogens is 1. The first-order chi connectivity index (χ1) is 8.12. The van der Waals surface area contributed by atoms with Crippen LogP contribution in [0.25, 0.3) is 10.2 Å². The fourth-order valence-corrected chi connectivity index (χ4v) is 5.80. The Labute approximate surface area is 107 Å². The lowest BCUT2D eigenvalue weighted by Gasteiger charge is -2.01. The lowest BCUT2D eigenvalue weighted by atomic mass is 10.3. The molecule has 2 heterocycles. The van der Waals surface area contributed by atoms with Gasteiger partial charge in [-0.05, 0) is 12.1 Å². The number of thioether (sulfide) groups is 1. The highest BCUT2D eigenvalue weighted by Gasteiger charge is 2.23. The minimum absolute atomic E-state index is 0.000521. The molecule has 17 heavy (non-hydrogen) atoms. The third kappa shape index (κ3) is 2.38. The Morgan fingerprint density at radius 3 is 2.88 bits per heavy atom. The van der Waals surface area contributed by atoms with Crippen LogP contribution in [0.3, 0.4) is 0 Å². The van der Waals surface area contributed by atoms with Gasteiger partial charge in [0, 0.05) is 10.7 Å². The van der Waals surface area contributed by atoms with Crippen molar-refractivity contribution in [2.75, 3.05) is 5.75 Å². The molecule has 0 fully saturated rings. The van der Waals surface area contributed by atoms with Gasteiger partial charge in [0.1, 0.15) is 0 Å². The van der Waals surface area contributed by atoms with E-state index in [9.17, 15) is 8.42 Å². The number of thiazole rings is 1. The fraction of sp³-hybridized carbons (Fsp3) is 0.182. The third-order valence-corrected chi connectivity index (χ3v) is 6.32. The molecule has 0 aliphatic carbocycles. The molecule has 1 atom stereocenters. The van der Waals surface area contributed by atoms with Crippen LogP contribution in [0.1, 0.15) is 0 Å². The van der Waals surface area contributed by atoms with E-state index in [0.29, 0.717) is 0 Å². The average molecular weight is 283 g/mol. The Morgan fingerprint density at radius 1 is 1.35 bits per heavy atom. The number of hydrogen-bond acceptors (Lipinski definition) is 5. The maximum absolute atomic E-state index is 11.3. The lowest BCUT2D eigenvalue weighted by molar-refractivity contribution is 0.606. The van der Waals surface area contributed by atoms with Gasteiger partial charge in [0.05, 0.1) is 16.0 Å². The lowest BCUT2D eigenvalue weighted by Crippen LogP contribution is -2.06. The summed E-state index contributed by atoms with van der Waals surface area (Å²) >= 11 is 3.13. The van der Waals surface area contributed by atoms with Crippen molar-refractivity contribution in [3.63, 3.8) is 0 Å². The molecule has 2 aromatic rings. The molecule has 0 bridgehead atoms. The monoisotopic (exact) mass is 283 g/mol. The SMILES string of the molecule is O=S1(=O)C=CC(Sc2nc3ccccc3s2)C1. The molecule has 1 aromatic carbocycles. The summed E-state index contributed by atoms with van der Waals surface area (Å²) in [5.41, 5.74) is 0.977. The van der Waals surface area contributed by atoms with Crippen LogP contribution in [0.4, 0.5) is 0 Å². The van der Waals surface area contributed by atoms with Crippen LogP contribution in [-0.2, 0) is 9.84 Å². The summed E-state index contributed by atoms with van der Waals surface area (Å²) in [4.78, 5) is 4.48. The van der Waals surface area contributed by atoms with Gasteiger partial charge in [-0.15, -0.1) is 11.3 Å². The summed E-state index contributed by atoms with van der Waals surface area (Å²) in [6, 6.07) is 7.93. The number of fused-ring (bicyclic) bond motifs is 1. The fourth-order valence-electron chi connectivity index (χ4n) is 1.65. The van der Waals surface area contributed by atoms with Crippen molar-refractivity contribution < 1.29 is 8.42 Å². The smallest absolute Gasteiger partial charge is 0.172 e. The minimum atomic E-state index is -2.97. The number of benzene rings is 1. The molecule has 1 aromatic heterocycles. The molecule has 3 rings (SSSR count). The normalized spacial score (nSPS) is 22.2. The van der Waals surface area contributed by atoms with Gasteiger partial charge in [0.15, 0.2) is 14.2 Å². The number of sulfone groups is 1. The van der Waals surface area contributed by atoms with Crippen LogP contribution in [0.2, 0.25) is 0 Å². The first-order valence-electron chi connectivity index (χ1n) is 5.06. The molecule has 0 spiro atoms. The molecule has 3 nitrogen and oxygen atoms in total. The molecular formula is C11H9NO2S3. The van der Waals surface area contributed by atoms with Crippen LogP contribution < -0.4 is 0 Å². The standard InChI is InChI=1S/C11H9NO2S3/c13-17(14)6-5-8(7-17)15-11-12-9-3-1-2-4-10(9)16-11/h1-6,8H,7H2. The zero-order chi connectivity index (χ0) is 11.9. The molecule has 1 aliphatic rings. The number of rotatable bonds is 2. The van der Waals surface area contributed by atoms with Gasteiger partial charge in [-0.25, -0.2) is 13.4 Å². The molecule has 6 heteroatoms. The Bertz CT molecular complexity index is 655. The second-order valence-corrected chi connectivity index (χ2v) is 8.21. The van der Waals surface area contributed by atoms with Gasteiger partial charge in [-0.2, -0.15) is 0 Å². The maximum atomic E-state index is 11.3. The van der Waals surface area contributed by atoms with Crippen LogP contribution in [-0.4, -0.2) is 24.4 Å². The summed E-state index contributed by atoms with van der Waals surface area (Å²) in [5.74, 6) is 0.188. The van der Waals surface area contributed by atoms with E-state index in [2.05, 4.69) is 4.98 Å². The molecule has 0 saturated heterocycles. The Morgan fingerprint density at radius 2 is 2.18 bits per heavy atom. The summed E-state index contributed by atoms with van der Waals surface area (Å²) in [6.07, 6.45) is 1.74. The zero-order valence-corrected chi connectivity index (χ0v) is 11.2. The van der Waals surface area contributed by atoms with E-state index in [1.807, 2.05) is 24.3 Å². The molecule has 88 valence electrons. The van der Waals surface area contributed by atoms with E-state index in [4.69, 9.17) is 0 Å². The molecule has 0 amide bonds. The van der Waals surface area contributed by atoms with E-state index in [1.165, 1.54) is 17.2 Å². The zero-order valence-electron chi connectivity index (χ0n) is 8.74. The van der Waals surface area contributed by atoms with Gasteiger partial charge in [-0.3, -0.25) is 0 Å². The highest BCUT2D eigenvalue weighted by atomic mass is 32.2. The first kappa shape index (κ1) is 11.3. The van der Waals surface area contributed by atoms with Crippen molar-refractivity contribution in [2.45, 2.75) is 9.59 Å². The van der Waals surface area contributed by atoms with Crippen molar-refractivity contribution in [1.82, 2.24) is 4.98 Å². The number of nitrogens with zero attached hydrogens (tertiary/aromatic N) is 1. The minimum Gasteiger partial charge on any atom is -0.230 e. The van der Waals surface area contributed by atoms with Crippen LogP contribution in [0.15, 0.2) is 40.1 Å². The number of para-hydroxylation sites is 1. The summed E-state index contributed by atoms with van der Waals surface area (Å²) in [5, 5.41) is 1.30. The molecule has 1 unspecified atom stereocenters. The van der Waals surface area contributed by atoms with Crippen LogP contribution in [0, 0.1) is 0 Å². The largest absolute Gasteiger partial charge is 0.230 e. The van der Waals surface area contributed by atoms with Crippen molar-refractivity contribution in [3.05, 3.63) is 35.7 Å². The predicted octanol–water partition coefficient (Wildman–Crippen LogP) is 2.70. The topological polar surface area (TPSA) is 47.0 Å². The van der Waals surface area contributed by atoms with E-state index in [1.54, 1.807) is 17.4 Å². The first-order valence-corrected chi connectivity index (χ1v) is 8.47. The predicted molar refractivity (Wildman–Crippen MR) is 72.2 cm³/mol.